The van der Waals surface area contributed by atoms with Crippen molar-refractivity contribution in [3.05, 3.63) is 12.2 Å². The Bertz CT molecular complexity index is 889. The van der Waals surface area contributed by atoms with Crippen LogP contribution in [0.3, 0.4) is 0 Å². The number of carbonyl (C=O) groups excluding carboxylic acids is 3. The van der Waals surface area contributed by atoms with Gasteiger partial charge in [0.25, 0.3) is 10.1 Å². The van der Waals surface area contributed by atoms with Gasteiger partial charge in [-0.2, -0.15) is 8.42 Å². The van der Waals surface area contributed by atoms with Gasteiger partial charge in [0.05, 0.1) is 18.3 Å². The maximum absolute atomic E-state index is 13.0. The summed E-state index contributed by atoms with van der Waals surface area (Å²) >= 11 is 0. The maximum Gasteiger partial charge on any atom is 0.336 e. The summed E-state index contributed by atoms with van der Waals surface area (Å²) in [7, 11) is -4.33. The molecule has 0 saturated heterocycles. The molecule has 3 aliphatic carbocycles. The molecule has 32 heavy (non-hydrogen) atoms. The van der Waals surface area contributed by atoms with Crippen molar-refractivity contribution < 1.29 is 41.6 Å². The Morgan fingerprint density at radius 3 is 2.44 bits per heavy atom. The number of esters is 2. The van der Waals surface area contributed by atoms with Crippen LogP contribution in [0.2, 0.25) is 0 Å². The lowest BCUT2D eigenvalue weighted by Gasteiger charge is -2.34. The normalized spacial score (nSPS) is 32.7. The fourth-order valence-corrected chi connectivity index (χ4v) is 6.86. The number of Topliss-reactive ketones (excluding diaryl/α,β-unsaturated/α-hetero) is 1. The lowest BCUT2D eigenvalue weighted by molar-refractivity contribution is -0.162. The van der Waals surface area contributed by atoms with Gasteiger partial charge in [-0.15, -0.1) is 0 Å². The molecule has 0 radical (unpaired) electrons. The largest absolute Gasteiger partial charge is 0.454 e. The monoisotopic (exact) mass is 472 g/mol. The molecule has 0 aliphatic heterocycles. The highest BCUT2D eigenvalue weighted by atomic mass is 32.2. The van der Waals surface area contributed by atoms with E-state index in [2.05, 4.69) is 6.58 Å². The predicted octanol–water partition coefficient (Wildman–Crippen LogP) is 2.59. The van der Waals surface area contributed by atoms with Gasteiger partial charge in [0.2, 0.25) is 0 Å². The summed E-state index contributed by atoms with van der Waals surface area (Å²) in [5.41, 5.74) is -2.19. The summed E-state index contributed by atoms with van der Waals surface area (Å²) in [6.07, 6.45) is 4.64. The van der Waals surface area contributed by atoms with Crippen LogP contribution in [0, 0.1) is 16.7 Å². The number of ketones is 1. The second-order valence-electron chi connectivity index (χ2n) is 9.65. The third-order valence-corrected chi connectivity index (χ3v) is 8.60. The van der Waals surface area contributed by atoms with E-state index in [-0.39, 0.29) is 24.3 Å². The molecule has 0 amide bonds. The van der Waals surface area contributed by atoms with E-state index < -0.39 is 57.1 Å². The molecule has 4 unspecified atom stereocenters. The third kappa shape index (κ3) is 4.92. The van der Waals surface area contributed by atoms with Gasteiger partial charge >= 0.3 is 11.9 Å². The van der Waals surface area contributed by atoms with E-state index in [0.29, 0.717) is 12.8 Å². The number of rotatable bonds is 9. The average Bonchev–Trinajstić information content (AvgIpc) is 3.02. The minimum absolute atomic E-state index is 0.0667. The molecule has 2 bridgehead atoms. The third-order valence-electron chi connectivity index (χ3n) is 7.63. The van der Waals surface area contributed by atoms with Gasteiger partial charge in [-0.05, 0) is 25.7 Å². The summed E-state index contributed by atoms with van der Waals surface area (Å²) in [6, 6.07) is 0. The molecule has 0 heterocycles. The zero-order chi connectivity index (χ0) is 23.7. The highest BCUT2D eigenvalue weighted by Gasteiger charge is 2.70. The number of carbonyl (C=O) groups is 3. The van der Waals surface area contributed by atoms with Gasteiger partial charge in [0, 0.05) is 22.3 Å². The predicted molar refractivity (Wildman–Crippen MR) is 113 cm³/mol. The molecule has 3 fully saturated rings. The average molecular weight is 473 g/mol. The van der Waals surface area contributed by atoms with E-state index in [1.165, 1.54) is 6.42 Å². The fraction of sp³-hybridized carbons (Fsp3) is 0.773. The van der Waals surface area contributed by atoms with Gasteiger partial charge in [-0.25, -0.2) is 4.79 Å². The maximum atomic E-state index is 13.0. The Balaban J connectivity index is 1.52. The van der Waals surface area contributed by atoms with E-state index >= 15 is 0 Å². The molecule has 0 aromatic heterocycles. The summed E-state index contributed by atoms with van der Waals surface area (Å²) in [5, 5.41) is 0. The van der Waals surface area contributed by atoms with Crippen LogP contribution in [0.4, 0.5) is 0 Å². The standard InChI is InChI=1S/C22H32O9S/c1-14(20(25)30-13-29-15-7-5-4-6-8-15)11-17(23)31-18-16-9-10-21(2,19(18)24)22(16,3)12-32(26,27)28/h15-16,18H,1,4-13H2,2-3H3,(H,26,27,28). The number of hydrogen-bond acceptors (Lipinski definition) is 8. The second-order valence-corrected chi connectivity index (χ2v) is 11.1. The van der Waals surface area contributed by atoms with Crippen LogP contribution < -0.4 is 0 Å². The van der Waals surface area contributed by atoms with Gasteiger partial charge in [0.1, 0.15) is 0 Å². The van der Waals surface area contributed by atoms with Crippen molar-refractivity contribution in [2.75, 3.05) is 12.5 Å². The number of hydrogen-bond donors (Lipinski definition) is 1. The topological polar surface area (TPSA) is 133 Å². The van der Waals surface area contributed by atoms with Crippen LogP contribution in [0.1, 0.15) is 65.2 Å². The SMILES string of the molecule is C=C(CC(=O)OC1C(=O)C2(C)CCC1C2(C)CS(=O)(=O)O)C(=O)OCOC1CCCCC1. The van der Waals surface area contributed by atoms with E-state index in [0.717, 1.165) is 25.7 Å². The quantitative estimate of drug-likeness (QED) is 0.233. The van der Waals surface area contributed by atoms with Crippen molar-refractivity contribution in [3.63, 3.8) is 0 Å². The molecular formula is C22H32O9S. The van der Waals surface area contributed by atoms with Crippen LogP contribution >= 0.6 is 0 Å². The first-order chi connectivity index (χ1) is 14.9. The van der Waals surface area contributed by atoms with E-state index in [4.69, 9.17) is 14.2 Å². The lowest BCUT2D eigenvalue weighted by Crippen LogP contribution is -2.40. The zero-order valence-electron chi connectivity index (χ0n) is 18.6. The lowest BCUT2D eigenvalue weighted by atomic mass is 9.70. The van der Waals surface area contributed by atoms with Crippen LogP contribution in [0.25, 0.3) is 0 Å². The molecule has 10 heteroatoms. The van der Waals surface area contributed by atoms with Crippen molar-refractivity contribution in [1.82, 2.24) is 0 Å². The van der Waals surface area contributed by atoms with E-state index in [9.17, 15) is 27.4 Å². The summed E-state index contributed by atoms with van der Waals surface area (Å²) in [4.78, 5) is 37.5. The van der Waals surface area contributed by atoms with Gasteiger partial charge in [-0.1, -0.05) is 39.7 Å². The first-order valence-corrected chi connectivity index (χ1v) is 12.6. The fourth-order valence-electron chi connectivity index (χ4n) is 5.57. The van der Waals surface area contributed by atoms with Crippen molar-refractivity contribution in [1.29, 1.82) is 0 Å². The Morgan fingerprint density at radius 2 is 1.81 bits per heavy atom. The first kappa shape index (κ1) is 24.9. The first-order valence-electron chi connectivity index (χ1n) is 11.0. The Kier molecular flexibility index (Phi) is 7.17. The molecule has 4 atom stereocenters. The molecule has 0 spiro atoms. The van der Waals surface area contributed by atoms with Crippen LogP contribution in [-0.2, 0) is 38.7 Å². The zero-order valence-corrected chi connectivity index (χ0v) is 19.4. The highest BCUT2D eigenvalue weighted by molar-refractivity contribution is 7.85. The van der Waals surface area contributed by atoms with Gasteiger partial charge in [-0.3, -0.25) is 14.1 Å². The Hall–Kier alpha value is -1.78. The van der Waals surface area contributed by atoms with Crippen molar-refractivity contribution in [2.24, 2.45) is 16.7 Å². The van der Waals surface area contributed by atoms with Crippen LogP contribution in [0.5, 0.6) is 0 Å². The molecule has 3 saturated carbocycles. The molecule has 3 aliphatic rings. The number of ether oxygens (including phenoxy) is 3. The molecule has 1 N–H and O–H groups in total. The highest BCUT2D eigenvalue weighted by Crippen LogP contribution is 2.64. The van der Waals surface area contributed by atoms with E-state index in [1.807, 2.05) is 0 Å². The molecular weight excluding hydrogens is 440 g/mol. The number of fused-ring (bicyclic) bond motifs is 2. The Morgan fingerprint density at radius 1 is 1.16 bits per heavy atom. The van der Waals surface area contributed by atoms with Crippen molar-refractivity contribution in [3.8, 4) is 0 Å². The van der Waals surface area contributed by atoms with Crippen LogP contribution in [-0.4, -0.2) is 55.4 Å². The molecule has 3 rings (SSSR count). The van der Waals surface area contributed by atoms with Crippen LogP contribution in [0.15, 0.2) is 12.2 Å². The molecule has 180 valence electrons. The molecule has 0 aromatic rings. The minimum Gasteiger partial charge on any atom is -0.454 e. The molecule has 9 nitrogen and oxygen atoms in total. The minimum atomic E-state index is -4.33. The molecule has 0 aromatic carbocycles. The smallest absolute Gasteiger partial charge is 0.336 e. The Labute approximate surface area is 188 Å². The van der Waals surface area contributed by atoms with Gasteiger partial charge in [0.15, 0.2) is 18.7 Å². The summed E-state index contributed by atoms with van der Waals surface area (Å²) < 4.78 is 48.4. The van der Waals surface area contributed by atoms with Crippen molar-refractivity contribution >= 4 is 27.8 Å². The summed E-state index contributed by atoms with van der Waals surface area (Å²) in [5.74, 6) is -3.07. The second kappa shape index (κ2) is 9.23. The van der Waals surface area contributed by atoms with Gasteiger partial charge < -0.3 is 14.2 Å². The van der Waals surface area contributed by atoms with E-state index in [1.54, 1.807) is 13.8 Å². The van der Waals surface area contributed by atoms with Crippen molar-refractivity contribution in [2.45, 2.75) is 77.4 Å². The summed E-state index contributed by atoms with van der Waals surface area (Å²) in [6.45, 7) is 6.63.